The molecule has 0 bridgehead atoms. The van der Waals surface area contributed by atoms with E-state index in [-0.39, 0.29) is 17.8 Å². The molecule has 144 valence electrons. The highest BCUT2D eigenvalue weighted by Gasteiger charge is 2.24. The van der Waals surface area contributed by atoms with E-state index in [0.29, 0.717) is 22.9 Å². The molecule has 0 atom stereocenters. The normalized spacial score (nSPS) is 19.4. The number of pyridine rings is 1. The predicted octanol–water partition coefficient (Wildman–Crippen LogP) is 4.31. The predicted molar refractivity (Wildman–Crippen MR) is 105 cm³/mol. The molecule has 6 heteroatoms. The van der Waals surface area contributed by atoms with Gasteiger partial charge in [0.25, 0.3) is 5.91 Å². The Hall–Kier alpha value is -3.02. The minimum atomic E-state index is -0.303. The molecule has 1 aliphatic carbocycles. The van der Waals surface area contributed by atoms with Gasteiger partial charge in [0.1, 0.15) is 11.6 Å². The summed E-state index contributed by atoms with van der Waals surface area (Å²) in [5.74, 6) is 0.625. The van der Waals surface area contributed by atoms with Gasteiger partial charge < -0.3 is 9.88 Å². The number of hydrogen-bond acceptors (Lipinski definition) is 3. The van der Waals surface area contributed by atoms with Crippen molar-refractivity contribution in [2.24, 2.45) is 0 Å². The number of halogens is 1. The Morgan fingerprint density at radius 2 is 1.96 bits per heavy atom. The third-order valence-corrected chi connectivity index (χ3v) is 5.43. The number of nitrogens with one attached hydrogen (secondary N) is 1. The monoisotopic (exact) mass is 378 g/mol. The van der Waals surface area contributed by atoms with E-state index in [1.54, 1.807) is 30.5 Å². The maximum Gasteiger partial charge on any atom is 0.253 e. The topological polar surface area (TPSA) is 59.8 Å². The van der Waals surface area contributed by atoms with Gasteiger partial charge in [0, 0.05) is 36.2 Å². The first-order chi connectivity index (χ1) is 13.6. The molecule has 1 fully saturated rings. The highest BCUT2D eigenvalue weighted by atomic mass is 19.1. The minimum absolute atomic E-state index is 0.111. The van der Waals surface area contributed by atoms with E-state index in [9.17, 15) is 9.18 Å². The summed E-state index contributed by atoms with van der Waals surface area (Å²) in [5, 5.41) is 3.12. The second-order valence-corrected chi connectivity index (χ2v) is 7.30. The van der Waals surface area contributed by atoms with Crippen LogP contribution in [0.3, 0.4) is 0 Å². The van der Waals surface area contributed by atoms with E-state index < -0.39 is 0 Å². The lowest BCUT2D eigenvalue weighted by atomic mass is 9.90. The van der Waals surface area contributed by atoms with Crippen LogP contribution in [0.25, 0.3) is 11.3 Å². The van der Waals surface area contributed by atoms with E-state index in [1.807, 2.05) is 19.3 Å². The fraction of sp³-hybridized carbons (Fsp3) is 0.318. The largest absolute Gasteiger partial charge is 0.349 e. The number of nitrogens with zero attached hydrogens (tertiary/aromatic N) is 3. The fourth-order valence-corrected chi connectivity index (χ4v) is 3.89. The molecule has 1 aliphatic rings. The first kappa shape index (κ1) is 18.3. The molecule has 0 spiro atoms. The third-order valence-electron chi connectivity index (χ3n) is 5.43. The highest BCUT2D eigenvalue weighted by molar-refractivity contribution is 5.94. The van der Waals surface area contributed by atoms with Gasteiger partial charge in [-0.15, -0.1) is 0 Å². The summed E-state index contributed by atoms with van der Waals surface area (Å²) in [7, 11) is 0. The maximum atomic E-state index is 13.4. The van der Waals surface area contributed by atoms with Crippen LogP contribution in [0.4, 0.5) is 4.39 Å². The summed E-state index contributed by atoms with van der Waals surface area (Å²) in [5.41, 5.74) is 1.86. The molecule has 0 saturated heterocycles. The molecule has 3 aromatic rings. The number of aryl methyl sites for hydroxylation is 1. The van der Waals surface area contributed by atoms with Crippen LogP contribution < -0.4 is 5.32 Å². The Labute approximate surface area is 163 Å². The molecule has 1 aromatic carbocycles. The smallest absolute Gasteiger partial charge is 0.253 e. The lowest BCUT2D eigenvalue weighted by Gasteiger charge is -2.30. The Bertz CT molecular complexity index is 959. The molecule has 0 radical (unpaired) electrons. The van der Waals surface area contributed by atoms with Gasteiger partial charge in [-0.1, -0.05) is 12.1 Å². The van der Waals surface area contributed by atoms with Crippen molar-refractivity contribution in [2.75, 3.05) is 0 Å². The number of imidazole rings is 1. The first-order valence-corrected chi connectivity index (χ1v) is 9.62. The van der Waals surface area contributed by atoms with Gasteiger partial charge in [-0.05, 0) is 56.9 Å². The van der Waals surface area contributed by atoms with E-state index >= 15 is 0 Å². The van der Waals surface area contributed by atoms with Crippen molar-refractivity contribution < 1.29 is 9.18 Å². The van der Waals surface area contributed by atoms with Gasteiger partial charge in [0.15, 0.2) is 0 Å². The molecule has 5 nitrogen and oxygen atoms in total. The fourth-order valence-electron chi connectivity index (χ4n) is 3.89. The summed E-state index contributed by atoms with van der Waals surface area (Å²) in [4.78, 5) is 21.2. The number of aromatic nitrogens is 3. The summed E-state index contributed by atoms with van der Waals surface area (Å²) in [6.07, 6.45) is 9.37. The van der Waals surface area contributed by atoms with Gasteiger partial charge >= 0.3 is 0 Å². The molecular weight excluding hydrogens is 355 g/mol. The average Bonchev–Trinajstić information content (AvgIpc) is 3.14. The van der Waals surface area contributed by atoms with Crippen molar-refractivity contribution in [2.45, 2.75) is 44.7 Å². The number of hydrogen-bond donors (Lipinski definition) is 1. The SMILES string of the molecule is Cc1nccn1C1CCC(NC(=O)c2ccc(-c3cccc(F)c3)nc2)CC1. The van der Waals surface area contributed by atoms with Crippen LogP contribution in [0.15, 0.2) is 55.0 Å². The first-order valence-electron chi connectivity index (χ1n) is 9.62. The van der Waals surface area contributed by atoms with Crippen LogP contribution in [-0.4, -0.2) is 26.5 Å². The molecule has 4 rings (SSSR count). The maximum absolute atomic E-state index is 13.4. The van der Waals surface area contributed by atoms with Gasteiger partial charge in [-0.3, -0.25) is 9.78 Å². The van der Waals surface area contributed by atoms with Gasteiger partial charge in [-0.2, -0.15) is 0 Å². The zero-order valence-electron chi connectivity index (χ0n) is 15.8. The Kier molecular flexibility index (Phi) is 5.19. The van der Waals surface area contributed by atoms with Gasteiger partial charge in [-0.25, -0.2) is 9.37 Å². The summed E-state index contributed by atoms with van der Waals surface area (Å²) in [6.45, 7) is 2.02. The molecular formula is C22H23FN4O. The molecule has 0 unspecified atom stereocenters. The van der Waals surface area contributed by atoms with E-state index in [2.05, 4.69) is 19.9 Å². The molecule has 1 amide bonds. The standard InChI is InChI=1S/C22H23FN4O/c1-15-24-11-12-27(15)20-8-6-19(7-9-20)26-22(28)17-5-10-21(25-14-17)16-3-2-4-18(23)13-16/h2-5,10-14,19-20H,6-9H2,1H3,(H,26,28). The van der Waals surface area contributed by atoms with E-state index in [1.165, 1.54) is 12.1 Å². The van der Waals surface area contributed by atoms with Crippen LogP contribution in [-0.2, 0) is 0 Å². The van der Waals surface area contributed by atoms with Crippen molar-refractivity contribution in [1.82, 2.24) is 19.9 Å². The lowest BCUT2D eigenvalue weighted by molar-refractivity contribution is 0.0922. The molecule has 1 saturated carbocycles. The number of carbonyl (C=O) groups is 1. The second kappa shape index (κ2) is 7.92. The Morgan fingerprint density at radius 3 is 2.61 bits per heavy atom. The van der Waals surface area contributed by atoms with E-state index in [4.69, 9.17) is 0 Å². The Morgan fingerprint density at radius 1 is 1.14 bits per heavy atom. The number of benzene rings is 1. The van der Waals surface area contributed by atoms with Crippen LogP contribution >= 0.6 is 0 Å². The molecule has 2 aromatic heterocycles. The van der Waals surface area contributed by atoms with Crippen LogP contribution in [0.5, 0.6) is 0 Å². The van der Waals surface area contributed by atoms with Crippen molar-refractivity contribution in [3.8, 4) is 11.3 Å². The highest BCUT2D eigenvalue weighted by Crippen LogP contribution is 2.29. The quantitative estimate of drug-likeness (QED) is 0.736. The molecule has 0 aliphatic heterocycles. The zero-order valence-corrected chi connectivity index (χ0v) is 15.8. The van der Waals surface area contributed by atoms with Crippen molar-refractivity contribution in [1.29, 1.82) is 0 Å². The van der Waals surface area contributed by atoms with E-state index in [0.717, 1.165) is 31.5 Å². The van der Waals surface area contributed by atoms with Crippen molar-refractivity contribution in [3.05, 3.63) is 72.2 Å². The minimum Gasteiger partial charge on any atom is -0.349 e. The number of rotatable bonds is 4. The second-order valence-electron chi connectivity index (χ2n) is 7.30. The van der Waals surface area contributed by atoms with Crippen molar-refractivity contribution in [3.63, 3.8) is 0 Å². The summed E-state index contributed by atoms with van der Waals surface area (Å²) < 4.78 is 15.6. The molecule has 28 heavy (non-hydrogen) atoms. The lowest BCUT2D eigenvalue weighted by Crippen LogP contribution is -2.38. The Balaban J connectivity index is 1.35. The van der Waals surface area contributed by atoms with Crippen molar-refractivity contribution >= 4 is 5.91 Å². The third kappa shape index (κ3) is 3.96. The molecule has 2 heterocycles. The van der Waals surface area contributed by atoms with Gasteiger partial charge in [0.2, 0.25) is 0 Å². The zero-order chi connectivity index (χ0) is 19.5. The summed E-state index contributed by atoms with van der Waals surface area (Å²) >= 11 is 0. The van der Waals surface area contributed by atoms with Crippen LogP contribution in [0, 0.1) is 12.7 Å². The number of amides is 1. The van der Waals surface area contributed by atoms with Gasteiger partial charge in [0.05, 0.1) is 11.3 Å². The molecule has 1 N–H and O–H groups in total. The van der Waals surface area contributed by atoms with Crippen LogP contribution in [0.2, 0.25) is 0 Å². The summed E-state index contributed by atoms with van der Waals surface area (Å²) in [6, 6.07) is 10.4. The average molecular weight is 378 g/mol. The number of carbonyl (C=O) groups excluding carboxylic acids is 1. The van der Waals surface area contributed by atoms with Crippen LogP contribution in [0.1, 0.15) is 47.9 Å².